The summed E-state index contributed by atoms with van der Waals surface area (Å²) in [6.45, 7) is 7.71. The monoisotopic (exact) mass is 341 g/mol. The van der Waals surface area contributed by atoms with Crippen LogP contribution in [0.15, 0.2) is 27.2 Å². The lowest BCUT2D eigenvalue weighted by Gasteiger charge is -2.17. The Morgan fingerprint density at radius 3 is 2.68 bits per heavy atom. The summed E-state index contributed by atoms with van der Waals surface area (Å²) in [5, 5.41) is 4.39. The summed E-state index contributed by atoms with van der Waals surface area (Å²) >= 11 is 2.21. The van der Waals surface area contributed by atoms with Crippen LogP contribution in [0.2, 0.25) is 0 Å². The molecule has 2 rings (SSSR count). The molecule has 0 amide bonds. The number of halogens is 1. The molecule has 102 valence electrons. The summed E-state index contributed by atoms with van der Waals surface area (Å²) in [7, 11) is 0. The van der Waals surface area contributed by atoms with Gasteiger partial charge in [0.25, 0.3) is 0 Å². The first-order chi connectivity index (χ1) is 8.77. The van der Waals surface area contributed by atoms with Crippen LogP contribution in [-0.2, 0) is 11.4 Å². The highest BCUT2D eigenvalue weighted by Crippen LogP contribution is 2.18. The van der Waals surface area contributed by atoms with Gasteiger partial charge in [-0.25, -0.2) is 4.52 Å². The van der Waals surface area contributed by atoms with Crippen LogP contribution >= 0.6 is 15.9 Å². The summed E-state index contributed by atoms with van der Waals surface area (Å²) < 4.78 is 18.2. The first-order valence-electron chi connectivity index (χ1n) is 5.89. The molecule has 0 spiro atoms. The SMILES string of the molecule is Cc1cc(Br)n2nc(C=N[S+]([O-])C(C)(C)C)cc2c1. The first kappa shape index (κ1) is 14.6. The molecule has 0 aliphatic rings. The van der Waals surface area contributed by atoms with Crippen molar-refractivity contribution in [3.63, 3.8) is 0 Å². The van der Waals surface area contributed by atoms with Gasteiger partial charge in [0.05, 0.1) is 5.52 Å². The van der Waals surface area contributed by atoms with Crippen LogP contribution in [0.4, 0.5) is 0 Å². The van der Waals surface area contributed by atoms with Gasteiger partial charge in [0.15, 0.2) is 0 Å². The maximum Gasteiger partial charge on any atom is 0.144 e. The Bertz CT molecular complexity index is 631. The Balaban J connectivity index is 2.32. The third-order valence-electron chi connectivity index (χ3n) is 2.49. The second-order valence-electron chi connectivity index (χ2n) is 5.36. The number of fused-ring (bicyclic) bond motifs is 1. The molecule has 0 aliphatic heterocycles. The standard InChI is InChI=1S/C13H16BrN3OS/c1-9-5-11-7-10(16-17(11)12(14)6-9)8-15-19(18)13(2,3)4/h5-8H,1-4H3. The highest BCUT2D eigenvalue weighted by molar-refractivity contribution is 9.10. The van der Waals surface area contributed by atoms with E-state index < -0.39 is 11.4 Å². The molecule has 0 fully saturated rings. The fourth-order valence-electron chi connectivity index (χ4n) is 1.54. The summed E-state index contributed by atoms with van der Waals surface area (Å²) in [6.07, 6.45) is 1.57. The van der Waals surface area contributed by atoms with Gasteiger partial charge in [-0.1, -0.05) is 4.40 Å². The third kappa shape index (κ3) is 3.38. The van der Waals surface area contributed by atoms with E-state index in [-0.39, 0.29) is 4.75 Å². The normalized spacial score (nSPS) is 14.4. The van der Waals surface area contributed by atoms with E-state index in [1.807, 2.05) is 45.9 Å². The smallest absolute Gasteiger partial charge is 0.144 e. The molecule has 0 saturated carbocycles. The summed E-state index contributed by atoms with van der Waals surface area (Å²) in [5.74, 6) is 0. The molecule has 0 saturated heterocycles. The number of rotatable bonds is 2. The largest absolute Gasteiger partial charge is 0.591 e. The molecule has 2 aromatic rings. The van der Waals surface area contributed by atoms with E-state index in [0.717, 1.165) is 15.7 Å². The zero-order valence-corrected chi connectivity index (χ0v) is 13.7. The number of hydrogen-bond donors (Lipinski definition) is 0. The average molecular weight is 342 g/mol. The fraction of sp³-hybridized carbons (Fsp3) is 0.385. The lowest BCUT2D eigenvalue weighted by molar-refractivity contribution is 0.562. The van der Waals surface area contributed by atoms with Crippen molar-refractivity contribution >= 4 is 39.0 Å². The number of aryl methyl sites for hydroxylation is 1. The molecule has 0 bridgehead atoms. The van der Waals surface area contributed by atoms with Crippen molar-refractivity contribution in [3.05, 3.63) is 34.1 Å². The van der Waals surface area contributed by atoms with Gasteiger partial charge in [-0.2, -0.15) is 5.10 Å². The Labute approximate surface area is 124 Å². The highest BCUT2D eigenvalue weighted by atomic mass is 79.9. The van der Waals surface area contributed by atoms with Gasteiger partial charge < -0.3 is 4.55 Å². The van der Waals surface area contributed by atoms with E-state index in [2.05, 4.69) is 25.4 Å². The molecule has 1 atom stereocenters. The quantitative estimate of drug-likeness (QED) is 0.478. The van der Waals surface area contributed by atoms with Gasteiger partial charge in [-0.15, -0.1) is 0 Å². The molecular formula is C13H16BrN3OS. The molecule has 2 heterocycles. The van der Waals surface area contributed by atoms with Gasteiger partial charge >= 0.3 is 0 Å². The van der Waals surface area contributed by atoms with Crippen molar-refractivity contribution in [2.75, 3.05) is 0 Å². The van der Waals surface area contributed by atoms with Crippen LogP contribution in [0, 0.1) is 6.92 Å². The van der Waals surface area contributed by atoms with Gasteiger partial charge in [-0.05, 0) is 67.4 Å². The topological polar surface area (TPSA) is 52.7 Å². The number of nitrogens with zero attached hydrogens (tertiary/aromatic N) is 3. The summed E-state index contributed by atoms with van der Waals surface area (Å²) in [5.41, 5.74) is 2.83. The number of hydrogen-bond acceptors (Lipinski definition) is 3. The van der Waals surface area contributed by atoms with Crippen LogP contribution in [-0.4, -0.2) is 25.1 Å². The van der Waals surface area contributed by atoms with E-state index >= 15 is 0 Å². The predicted octanol–water partition coefficient (Wildman–Crippen LogP) is 3.29. The minimum absolute atomic E-state index is 0.354. The average Bonchev–Trinajstić information content (AvgIpc) is 2.67. The van der Waals surface area contributed by atoms with Crippen LogP contribution in [0.1, 0.15) is 32.0 Å². The van der Waals surface area contributed by atoms with Crippen molar-refractivity contribution in [1.29, 1.82) is 0 Å². The summed E-state index contributed by atoms with van der Waals surface area (Å²) in [4.78, 5) is 0. The van der Waals surface area contributed by atoms with E-state index in [9.17, 15) is 4.55 Å². The zero-order valence-electron chi connectivity index (χ0n) is 11.3. The minimum atomic E-state index is -1.26. The molecule has 4 nitrogen and oxygen atoms in total. The highest BCUT2D eigenvalue weighted by Gasteiger charge is 2.25. The molecule has 0 N–H and O–H groups in total. The third-order valence-corrected chi connectivity index (χ3v) is 4.39. The summed E-state index contributed by atoms with van der Waals surface area (Å²) in [6, 6.07) is 5.95. The lowest BCUT2D eigenvalue weighted by Crippen LogP contribution is -2.25. The van der Waals surface area contributed by atoms with Crippen molar-refractivity contribution in [2.24, 2.45) is 4.40 Å². The molecule has 1 unspecified atom stereocenters. The Kier molecular flexibility index (Phi) is 4.03. The van der Waals surface area contributed by atoms with Crippen molar-refractivity contribution in [1.82, 2.24) is 9.61 Å². The molecule has 0 aromatic carbocycles. The van der Waals surface area contributed by atoms with E-state index in [4.69, 9.17) is 0 Å². The molecule has 19 heavy (non-hydrogen) atoms. The van der Waals surface area contributed by atoms with Crippen LogP contribution < -0.4 is 0 Å². The van der Waals surface area contributed by atoms with Crippen LogP contribution in [0.5, 0.6) is 0 Å². The minimum Gasteiger partial charge on any atom is -0.591 e. The molecule has 6 heteroatoms. The van der Waals surface area contributed by atoms with Crippen molar-refractivity contribution < 1.29 is 4.55 Å². The Hall–Kier alpha value is -0.850. The maximum absolute atomic E-state index is 11.8. The predicted molar refractivity (Wildman–Crippen MR) is 83.1 cm³/mol. The van der Waals surface area contributed by atoms with E-state index in [1.54, 1.807) is 10.7 Å². The van der Waals surface area contributed by atoms with E-state index in [0.29, 0.717) is 5.69 Å². The van der Waals surface area contributed by atoms with Gasteiger partial charge in [0.2, 0.25) is 0 Å². The molecule has 2 aromatic heterocycles. The second kappa shape index (κ2) is 5.26. The maximum atomic E-state index is 11.8. The number of pyridine rings is 1. The lowest BCUT2D eigenvalue weighted by atomic mass is 10.3. The van der Waals surface area contributed by atoms with Crippen LogP contribution in [0.25, 0.3) is 5.52 Å². The van der Waals surface area contributed by atoms with Gasteiger partial charge in [0.1, 0.15) is 32.6 Å². The number of aromatic nitrogens is 2. The molecule has 0 aliphatic carbocycles. The Morgan fingerprint density at radius 2 is 2.05 bits per heavy atom. The molecule has 0 radical (unpaired) electrons. The van der Waals surface area contributed by atoms with Crippen molar-refractivity contribution in [3.8, 4) is 0 Å². The first-order valence-corrected chi connectivity index (χ1v) is 7.79. The zero-order chi connectivity index (χ0) is 14.2. The van der Waals surface area contributed by atoms with Gasteiger partial charge in [-0.3, -0.25) is 0 Å². The fourth-order valence-corrected chi connectivity index (χ4v) is 2.70. The van der Waals surface area contributed by atoms with E-state index in [1.165, 1.54) is 0 Å². The van der Waals surface area contributed by atoms with Crippen LogP contribution in [0.3, 0.4) is 0 Å². The van der Waals surface area contributed by atoms with Crippen molar-refractivity contribution in [2.45, 2.75) is 32.4 Å². The molecular weight excluding hydrogens is 326 g/mol. The Morgan fingerprint density at radius 1 is 1.37 bits per heavy atom. The van der Waals surface area contributed by atoms with Gasteiger partial charge in [0, 0.05) is 0 Å². The second-order valence-corrected chi connectivity index (χ2v) is 8.10.